The molecule has 2 fully saturated rings. The first-order chi connectivity index (χ1) is 14.7. The SMILES string of the molecule is CN=C(NCCCN1CCCN(C)CC1)NCc1ccc(CN2CCCCC2)cc1. The Balaban J connectivity index is 1.31. The second kappa shape index (κ2) is 12.9. The average molecular weight is 415 g/mol. The summed E-state index contributed by atoms with van der Waals surface area (Å²) in [5, 5.41) is 6.91. The fourth-order valence-electron chi connectivity index (χ4n) is 4.38. The summed E-state index contributed by atoms with van der Waals surface area (Å²) in [6.45, 7) is 11.4. The fourth-order valence-corrected chi connectivity index (χ4v) is 4.38. The van der Waals surface area contributed by atoms with E-state index in [1.165, 1.54) is 76.1 Å². The number of guanidine groups is 1. The predicted molar refractivity (Wildman–Crippen MR) is 127 cm³/mol. The maximum absolute atomic E-state index is 4.37. The Morgan fingerprint density at radius 3 is 2.33 bits per heavy atom. The molecule has 6 nitrogen and oxygen atoms in total. The Morgan fingerprint density at radius 2 is 1.57 bits per heavy atom. The van der Waals surface area contributed by atoms with E-state index in [4.69, 9.17) is 0 Å². The number of hydrogen-bond acceptors (Lipinski definition) is 4. The molecule has 2 aliphatic rings. The first-order valence-corrected chi connectivity index (χ1v) is 11.9. The zero-order valence-corrected chi connectivity index (χ0v) is 19.2. The number of likely N-dealkylation sites (N-methyl/N-ethyl adjacent to an activating group) is 1. The van der Waals surface area contributed by atoms with E-state index in [1.807, 2.05) is 7.05 Å². The smallest absolute Gasteiger partial charge is 0.191 e. The van der Waals surface area contributed by atoms with Gasteiger partial charge in [-0.1, -0.05) is 30.7 Å². The number of likely N-dealkylation sites (tertiary alicyclic amines) is 1. The van der Waals surface area contributed by atoms with Gasteiger partial charge in [0.25, 0.3) is 0 Å². The molecule has 0 bridgehead atoms. The molecular formula is C24H42N6. The van der Waals surface area contributed by atoms with Crippen LogP contribution in [0.5, 0.6) is 0 Å². The van der Waals surface area contributed by atoms with Gasteiger partial charge in [0.2, 0.25) is 0 Å². The van der Waals surface area contributed by atoms with Crippen LogP contribution in [0.1, 0.15) is 43.2 Å². The zero-order valence-electron chi connectivity index (χ0n) is 19.2. The van der Waals surface area contributed by atoms with Gasteiger partial charge in [0.15, 0.2) is 5.96 Å². The number of benzene rings is 1. The van der Waals surface area contributed by atoms with E-state index >= 15 is 0 Å². The molecule has 0 aromatic heterocycles. The molecule has 0 aliphatic carbocycles. The van der Waals surface area contributed by atoms with Crippen molar-refractivity contribution in [1.82, 2.24) is 25.3 Å². The van der Waals surface area contributed by atoms with Crippen molar-refractivity contribution in [2.75, 3.05) is 66.5 Å². The van der Waals surface area contributed by atoms with Crippen LogP contribution >= 0.6 is 0 Å². The summed E-state index contributed by atoms with van der Waals surface area (Å²) in [4.78, 5) is 12.0. The third-order valence-corrected chi connectivity index (χ3v) is 6.32. The number of aliphatic imine (C=N–C) groups is 1. The zero-order chi connectivity index (χ0) is 21.0. The lowest BCUT2D eigenvalue weighted by Crippen LogP contribution is -2.38. The summed E-state index contributed by atoms with van der Waals surface area (Å²) in [7, 11) is 4.07. The fraction of sp³-hybridized carbons (Fsp3) is 0.708. The molecule has 0 amide bonds. The molecule has 2 heterocycles. The van der Waals surface area contributed by atoms with Gasteiger partial charge in [-0.2, -0.15) is 0 Å². The average Bonchev–Trinajstić information content (AvgIpc) is 2.99. The second-order valence-electron chi connectivity index (χ2n) is 8.86. The highest BCUT2D eigenvalue weighted by Crippen LogP contribution is 2.13. The predicted octanol–water partition coefficient (Wildman–Crippen LogP) is 2.37. The molecule has 30 heavy (non-hydrogen) atoms. The second-order valence-corrected chi connectivity index (χ2v) is 8.86. The summed E-state index contributed by atoms with van der Waals surface area (Å²) in [6, 6.07) is 9.05. The number of nitrogens with zero attached hydrogens (tertiary/aromatic N) is 4. The van der Waals surface area contributed by atoms with Crippen molar-refractivity contribution in [1.29, 1.82) is 0 Å². The van der Waals surface area contributed by atoms with Gasteiger partial charge in [-0.15, -0.1) is 0 Å². The van der Waals surface area contributed by atoms with Crippen molar-refractivity contribution in [3.05, 3.63) is 35.4 Å². The highest BCUT2D eigenvalue weighted by molar-refractivity contribution is 5.79. The van der Waals surface area contributed by atoms with Crippen LogP contribution in [-0.2, 0) is 13.1 Å². The standard InChI is InChI=1S/C24H42N6/c1-25-24(26-12-6-16-29-17-7-13-28(2)18-19-29)27-20-22-8-10-23(11-9-22)21-30-14-4-3-5-15-30/h8-11H,3-7,12-21H2,1-2H3,(H2,25,26,27). The number of rotatable bonds is 8. The quantitative estimate of drug-likeness (QED) is 0.388. The van der Waals surface area contributed by atoms with Gasteiger partial charge in [-0.05, 0) is 76.6 Å². The van der Waals surface area contributed by atoms with E-state index in [0.29, 0.717) is 0 Å². The van der Waals surface area contributed by atoms with Crippen LogP contribution in [0.3, 0.4) is 0 Å². The Labute approximate surface area is 183 Å². The van der Waals surface area contributed by atoms with Crippen molar-refractivity contribution in [2.24, 2.45) is 4.99 Å². The lowest BCUT2D eigenvalue weighted by molar-refractivity contribution is 0.221. The minimum absolute atomic E-state index is 0.808. The third-order valence-electron chi connectivity index (χ3n) is 6.32. The van der Waals surface area contributed by atoms with E-state index in [1.54, 1.807) is 0 Å². The first-order valence-electron chi connectivity index (χ1n) is 11.9. The maximum atomic E-state index is 4.37. The van der Waals surface area contributed by atoms with Crippen LogP contribution in [-0.4, -0.2) is 87.1 Å². The van der Waals surface area contributed by atoms with E-state index in [9.17, 15) is 0 Å². The van der Waals surface area contributed by atoms with Gasteiger partial charge >= 0.3 is 0 Å². The number of hydrogen-bond donors (Lipinski definition) is 2. The van der Waals surface area contributed by atoms with Gasteiger partial charge in [0.05, 0.1) is 0 Å². The third kappa shape index (κ3) is 8.25. The van der Waals surface area contributed by atoms with Crippen molar-refractivity contribution in [3.63, 3.8) is 0 Å². The first kappa shape index (κ1) is 23.0. The van der Waals surface area contributed by atoms with Gasteiger partial charge in [-0.3, -0.25) is 9.89 Å². The highest BCUT2D eigenvalue weighted by Gasteiger charge is 2.12. The molecule has 0 spiro atoms. The summed E-state index contributed by atoms with van der Waals surface area (Å²) < 4.78 is 0. The van der Waals surface area contributed by atoms with Crippen molar-refractivity contribution in [3.8, 4) is 0 Å². The molecule has 2 saturated heterocycles. The van der Waals surface area contributed by atoms with Crippen LogP contribution in [0.25, 0.3) is 0 Å². The largest absolute Gasteiger partial charge is 0.356 e. The summed E-state index contributed by atoms with van der Waals surface area (Å²) >= 11 is 0. The van der Waals surface area contributed by atoms with Crippen LogP contribution in [0.2, 0.25) is 0 Å². The summed E-state index contributed by atoms with van der Waals surface area (Å²) in [5.74, 6) is 0.892. The van der Waals surface area contributed by atoms with Gasteiger partial charge in [-0.25, -0.2) is 0 Å². The minimum atomic E-state index is 0.808. The van der Waals surface area contributed by atoms with Crippen molar-refractivity contribution in [2.45, 2.75) is 45.2 Å². The van der Waals surface area contributed by atoms with E-state index in [0.717, 1.165) is 38.6 Å². The molecule has 2 aliphatic heterocycles. The van der Waals surface area contributed by atoms with Gasteiger partial charge in [0.1, 0.15) is 0 Å². The molecule has 0 radical (unpaired) electrons. The molecule has 3 rings (SSSR count). The monoisotopic (exact) mass is 414 g/mol. The number of nitrogens with one attached hydrogen (secondary N) is 2. The molecule has 0 saturated carbocycles. The molecular weight excluding hydrogens is 372 g/mol. The van der Waals surface area contributed by atoms with E-state index in [-0.39, 0.29) is 0 Å². The molecule has 1 aromatic rings. The molecule has 168 valence electrons. The van der Waals surface area contributed by atoms with Crippen molar-refractivity contribution >= 4 is 5.96 Å². The summed E-state index contributed by atoms with van der Waals surface area (Å²) in [6.07, 6.45) is 6.53. The molecule has 2 N–H and O–H groups in total. The maximum Gasteiger partial charge on any atom is 0.191 e. The lowest BCUT2D eigenvalue weighted by atomic mass is 10.1. The minimum Gasteiger partial charge on any atom is -0.356 e. The van der Waals surface area contributed by atoms with Crippen LogP contribution < -0.4 is 10.6 Å². The molecule has 0 atom stereocenters. The van der Waals surface area contributed by atoms with E-state index < -0.39 is 0 Å². The van der Waals surface area contributed by atoms with E-state index in [2.05, 4.69) is 61.6 Å². The van der Waals surface area contributed by atoms with Crippen molar-refractivity contribution < 1.29 is 0 Å². The van der Waals surface area contributed by atoms with Gasteiger partial charge < -0.3 is 20.4 Å². The topological polar surface area (TPSA) is 46.1 Å². The Hall–Kier alpha value is -1.63. The highest BCUT2D eigenvalue weighted by atomic mass is 15.2. The lowest BCUT2D eigenvalue weighted by Gasteiger charge is -2.26. The molecule has 1 aromatic carbocycles. The normalized spacial score (nSPS) is 20.1. The Kier molecular flexibility index (Phi) is 9.93. The van der Waals surface area contributed by atoms with Crippen LogP contribution in [0.4, 0.5) is 0 Å². The van der Waals surface area contributed by atoms with Gasteiger partial charge in [0, 0.05) is 39.8 Å². The summed E-state index contributed by atoms with van der Waals surface area (Å²) in [5.41, 5.74) is 2.72. The molecule has 0 unspecified atom stereocenters. The number of piperidine rings is 1. The van der Waals surface area contributed by atoms with Crippen LogP contribution in [0.15, 0.2) is 29.3 Å². The van der Waals surface area contributed by atoms with Crippen LogP contribution in [0, 0.1) is 0 Å². The Morgan fingerprint density at radius 1 is 0.833 bits per heavy atom. The Bertz CT molecular complexity index is 623. The molecule has 6 heteroatoms.